The average Bonchev–Trinajstić information content (AvgIpc) is 3.96. The van der Waals surface area contributed by atoms with Crippen molar-refractivity contribution in [2.75, 3.05) is 26.2 Å². The number of hydrogen-bond donors (Lipinski definition) is 16. The number of fused-ring (bicyclic) bond motifs is 2. The predicted octanol–water partition coefficient (Wildman–Crippen LogP) is -3.07. The molecule has 0 bridgehead atoms. The first-order valence-electron chi connectivity index (χ1n) is 23.6. The highest BCUT2D eigenvalue weighted by molar-refractivity contribution is 5.97. The smallest absolute Gasteiger partial charge is 0.326 e. The van der Waals surface area contributed by atoms with Crippen molar-refractivity contribution in [2.45, 2.75) is 107 Å². The maximum atomic E-state index is 14.2. The number of nitrogens with two attached hydrogens (primary N) is 4. The molecule has 4 rings (SSSR count). The number of para-hydroxylation sites is 2. The van der Waals surface area contributed by atoms with Crippen molar-refractivity contribution in [3.05, 3.63) is 72.1 Å². The number of aromatic amines is 2. The Labute approximate surface area is 419 Å². The van der Waals surface area contributed by atoms with Gasteiger partial charge in [-0.2, -0.15) is 0 Å². The third kappa shape index (κ3) is 18.5. The molecule has 20 N–H and O–H groups in total. The van der Waals surface area contributed by atoms with Crippen LogP contribution in [-0.2, 0) is 56.0 Å². The lowest BCUT2D eigenvalue weighted by atomic mass is 10.0. The summed E-state index contributed by atoms with van der Waals surface area (Å²) in [5.41, 5.74) is 24.7. The topological polar surface area (TPSA) is 447 Å². The predicted molar refractivity (Wildman–Crippen MR) is 267 cm³/mol. The molecule has 2 aromatic heterocycles. The molecule has 0 spiro atoms. The Balaban J connectivity index is 1.46. The zero-order valence-electron chi connectivity index (χ0n) is 40.3. The van der Waals surface area contributed by atoms with Gasteiger partial charge in [0.2, 0.25) is 41.4 Å². The zero-order chi connectivity index (χ0) is 53.6. The molecular formula is C47H66N14O12. The van der Waals surface area contributed by atoms with Crippen molar-refractivity contribution in [3.8, 4) is 0 Å². The highest BCUT2D eigenvalue weighted by Crippen LogP contribution is 2.21. The number of aliphatic imine (C=N–C) groups is 1. The fourth-order valence-corrected chi connectivity index (χ4v) is 7.67. The number of rotatable bonds is 31. The minimum atomic E-state index is -1.68. The Bertz CT molecular complexity index is 2590. The second kappa shape index (κ2) is 28.7. The molecule has 0 aliphatic carbocycles. The monoisotopic (exact) mass is 1020 g/mol. The van der Waals surface area contributed by atoms with Crippen LogP contribution in [0, 0.1) is 0 Å². The summed E-state index contributed by atoms with van der Waals surface area (Å²) >= 11 is 0. The molecule has 0 aliphatic rings. The van der Waals surface area contributed by atoms with Crippen LogP contribution in [0.4, 0.5) is 0 Å². The Morgan fingerprint density at radius 2 is 1.14 bits per heavy atom. The van der Waals surface area contributed by atoms with Gasteiger partial charge in [0.1, 0.15) is 30.2 Å². The van der Waals surface area contributed by atoms with E-state index in [0.29, 0.717) is 41.3 Å². The molecular weight excluding hydrogens is 953 g/mol. The number of aromatic nitrogens is 2. The number of benzene rings is 2. The van der Waals surface area contributed by atoms with Crippen LogP contribution in [0.25, 0.3) is 21.8 Å². The molecule has 7 amide bonds. The van der Waals surface area contributed by atoms with Crippen molar-refractivity contribution in [1.82, 2.24) is 47.2 Å². The van der Waals surface area contributed by atoms with Crippen LogP contribution < -0.4 is 60.2 Å². The highest BCUT2D eigenvalue weighted by Gasteiger charge is 2.33. The van der Waals surface area contributed by atoms with E-state index in [1.807, 2.05) is 12.1 Å². The molecule has 2 aromatic carbocycles. The van der Waals surface area contributed by atoms with Gasteiger partial charge < -0.3 is 85.4 Å². The van der Waals surface area contributed by atoms with Gasteiger partial charge >= 0.3 is 11.9 Å². The van der Waals surface area contributed by atoms with Gasteiger partial charge in [0.25, 0.3) is 0 Å². The van der Waals surface area contributed by atoms with E-state index in [-0.39, 0.29) is 44.7 Å². The number of nitrogens with zero attached hydrogens (tertiary/aromatic N) is 1. The van der Waals surface area contributed by atoms with E-state index in [1.165, 1.54) is 6.92 Å². The maximum Gasteiger partial charge on any atom is 0.326 e. The van der Waals surface area contributed by atoms with Crippen LogP contribution >= 0.6 is 0 Å². The summed E-state index contributed by atoms with van der Waals surface area (Å²) in [6.07, 6.45) is 1.68. The summed E-state index contributed by atoms with van der Waals surface area (Å²) in [5.74, 6) is -9.12. The summed E-state index contributed by atoms with van der Waals surface area (Å²) in [5, 5.41) is 48.6. The standard InChI is InChI=1S/C47H66N14O12/c1-25(62)40(61-38(64)24-55-41(67)30(49)11-8-18-52-47(50)51)45(71)59-35(19-26-21-53-31-12-4-2-9-28(26)31)44(70)58-34(15-16-39(65)66)42(68)56-23-37(63)57-33(14-6-7-17-48)43(69)60-36(46(72)73)20-27-22-54-32-13-5-3-10-29(27)32/h2-5,9-10,12-13,21-22,25,30,33-36,40,53-54,62H,6-8,11,14-20,23-24,48-49H2,1H3,(H,55,67)(H,56,68)(H,57,63)(H,58,70)(H,59,71)(H,60,69)(H,61,64)(H,65,66)(H,72,73)(H4,50,51,52)/t25-,30+,33+,34+,35+,36+,40+/m1/s1. The number of amides is 7. The third-order valence-corrected chi connectivity index (χ3v) is 11.6. The van der Waals surface area contributed by atoms with Gasteiger partial charge in [-0.3, -0.25) is 43.3 Å². The number of carboxylic acid groups (broad SMARTS) is 2. The Morgan fingerprint density at radius 1 is 0.616 bits per heavy atom. The van der Waals surface area contributed by atoms with Crippen LogP contribution in [0.2, 0.25) is 0 Å². The number of aliphatic hydroxyl groups is 1. The largest absolute Gasteiger partial charge is 0.481 e. The number of aliphatic hydroxyl groups excluding tert-OH is 1. The molecule has 0 radical (unpaired) electrons. The summed E-state index contributed by atoms with van der Waals surface area (Å²) in [4.78, 5) is 128. The van der Waals surface area contributed by atoms with Gasteiger partial charge in [0.05, 0.1) is 25.2 Å². The molecule has 0 saturated heterocycles. The van der Waals surface area contributed by atoms with E-state index in [9.17, 15) is 58.5 Å². The Hall–Kier alpha value is -8.10. The first-order valence-corrected chi connectivity index (χ1v) is 23.6. The molecule has 2 heterocycles. The van der Waals surface area contributed by atoms with E-state index >= 15 is 0 Å². The van der Waals surface area contributed by atoms with E-state index in [4.69, 9.17) is 22.9 Å². The van der Waals surface area contributed by atoms with E-state index in [1.54, 1.807) is 48.8 Å². The molecule has 0 fully saturated rings. The number of aliphatic carboxylic acids is 2. The normalized spacial score (nSPS) is 14.0. The fourth-order valence-electron chi connectivity index (χ4n) is 7.67. The number of carbonyl (C=O) groups excluding carboxylic acids is 7. The van der Waals surface area contributed by atoms with Gasteiger partial charge in [0.15, 0.2) is 5.96 Å². The summed E-state index contributed by atoms with van der Waals surface area (Å²) in [6.45, 7) is 0.271. The number of guanidine groups is 1. The van der Waals surface area contributed by atoms with Gasteiger partial charge in [-0.15, -0.1) is 0 Å². The van der Waals surface area contributed by atoms with Crippen LogP contribution in [0.3, 0.4) is 0 Å². The van der Waals surface area contributed by atoms with Gasteiger partial charge in [-0.05, 0) is 75.3 Å². The molecule has 0 unspecified atom stereocenters. The van der Waals surface area contributed by atoms with E-state index in [2.05, 4.69) is 52.2 Å². The molecule has 4 aromatic rings. The molecule has 7 atom stereocenters. The van der Waals surface area contributed by atoms with Crippen molar-refractivity contribution < 1.29 is 58.5 Å². The van der Waals surface area contributed by atoms with E-state index in [0.717, 1.165) is 10.9 Å². The molecule has 26 nitrogen and oxygen atoms in total. The number of nitrogens with one attached hydrogen (secondary N) is 9. The Morgan fingerprint density at radius 3 is 1.70 bits per heavy atom. The quantitative estimate of drug-likeness (QED) is 0.0135. The van der Waals surface area contributed by atoms with Crippen molar-refractivity contribution in [1.29, 1.82) is 0 Å². The minimum Gasteiger partial charge on any atom is -0.481 e. The summed E-state index contributed by atoms with van der Waals surface area (Å²) < 4.78 is 0. The number of hydrogen-bond acceptors (Lipinski definition) is 13. The molecule has 396 valence electrons. The average molecular weight is 1020 g/mol. The lowest BCUT2D eigenvalue weighted by molar-refractivity contribution is -0.142. The third-order valence-electron chi connectivity index (χ3n) is 11.6. The SMILES string of the molecule is C[C@@H](O)[C@H](NC(=O)CNC(=O)[C@@H](N)CCCN=C(N)N)C(=O)N[C@@H](Cc1c[nH]c2ccccc12)C(=O)N[C@@H](CCC(=O)O)C(=O)NCC(=O)N[C@@H](CCCCN)C(=O)N[C@@H](Cc1c[nH]c2ccccc12)C(=O)O. The van der Waals surface area contributed by atoms with Gasteiger partial charge in [-0.25, -0.2) is 4.79 Å². The highest BCUT2D eigenvalue weighted by atomic mass is 16.4. The summed E-state index contributed by atoms with van der Waals surface area (Å²) in [7, 11) is 0. The van der Waals surface area contributed by atoms with Crippen LogP contribution in [0.15, 0.2) is 65.9 Å². The van der Waals surface area contributed by atoms with E-state index < -0.39 is 122 Å². The van der Waals surface area contributed by atoms with Crippen molar-refractivity contribution >= 4 is 81.1 Å². The van der Waals surface area contributed by atoms with Crippen LogP contribution in [-0.4, -0.2) is 153 Å². The van der Waals surface area contributed by atoms with Crippen molar-refractivity contribution in [2.24, 2.45) is 27.9 Å². The molecule has 73 heavy (non-hydrogen) atoms. The minimum absolute atomic E-state index is 0.0531. The fraction of sp³-hybridized carbons (Fsp3) is 0.447. The number of H-pyrrole nitrogens is 2. The second-order valence-electron chi connectivity index (χ2n) is 17.3. The molecule has 26 heteroatoms. The lowest BCUT2D eigenvalue weighted by Crippen LogP contribution is -2.60. The summed E-state index contributed by atoms with van der Waals surface area (Å²) in [6, 6.07) is 5.73. The number of carboxylic acids is 2. The lowest BCUT2D eigenvalue weighted by Gasteiger charge is -2.26. The zero-order valence-corrected chi connectivity index (χ0v) is 40.3. The Kier molecular flexibility index (Phi) is 22.6. The van der Waals surface area contributed by atoms with Crippen LogP contribution in [0.1, 0.15) is 63.0 Å². The number of carbonyl (C=O) groups is 9. The van der Waals surface area contributed by atoms with Gasteiger partial charge in [-0.1, -0.05) is 36.4 Å². The van der Waals surface area contributed by atoms with Gasteiger partial charge in [0, 0.05) is 60.0 Å². The molecule has 0 saturated carbocycles. The number of unbranched alkanes of at least 4 members (excludes halogenated alkanes) is 1. The van der Waals surface area contributed by atoms with Crippen LogP contribution in [0.5, 0.6) is 0 Å². The first-order chi connectivity index (χ1) is 34.8. The second-order valence-corrected chi connectivity index (χ2v) is 17.3. The first kappa shape index (κ1) is 57.5. The maximum absolute atomic E-state index is 14.2. The molecule has 0 aliphatic heterocycles. The van der Waals surface area contributed by atoms with Crippen molar-refractivity contribution in [3.63, 3.8) is 0 Å².